The van der Waals surface area contributed by atoms with Gasteiger partial charge in [0.2, 0.25) is 0 Å². The molecule has 0 saturated carbocycles. The Balaban J connectivity index is 2.24. The molecule has 1 fully saturated rings. The SMILES string of the molecule is CCN(CCC(=O)O)C(=O)NCC1CCCO1. The van der Waals surface area contributed by atoms with Gasteiger partial charge in [0, 0.05) is 26.2 Å². The maximum atomic E-state index is 11.7. The van der Waals surface area contributed by atoms with Crippen LogP contribution in [0.15, 0.2) is 0 Å². The lowest BCUT2D eigenvalue weighted by atomic mass is 10.2. The van der Waals surface area contributed by atoms with E-state index in [1.165, 1.54) is 4.90 Å². The predicted molar refractivity (Wildman–Crippen MR) is 61.9 cm³/mol. The molecule has 0 bridgehead atoms. The molecule has 1 rings (SSSR count). The van der Waals surface area contributed by atoms with E-state index in [0.717, 1.165) is 19.4 Å². The molecule has 2 amide bonds. The van der Waals surface area contributed by atoms with Crippen LogP contribution >= 0.6 is 0 Å². The van der Waals surface area contributed by atoms with Gasteiger partial charge in [0.25, 0.3) is 0 Å². The number of carboxylic acid groups (broad SMARTS) is 1. The van der Waals surface area contributed by atoms with Crippen molar-refractivity contribution in [3.05, 3.63) is 0 Å². The van der Waals surface area contributed by atoms with E-state index in [9.17, 15) is 9.59 Å². The van der Waals surface area contributed by atoms with Crippen LogP contribution in [0.1, 0.15) is 26.2 Å². The second kappa shape index (κ2) is 7.11. The van der Waals surface area contributed by atoms with E-state index in [-0.39, 0.29) is 25.1 Å². The van der Waals surface area contributed by atoms with E-state index in [1.54, 1.807) is 0 Å². The summed E-state index contributed by atoms with van der Waals surface area (Å²) in [7, 11) is 0. The quantitative estimate of drug-likeness (QED) is 0.720. The number of hydrogen-bond donors (Lipinski definition) is 2. The molecule has 6 heteroatoms. The number of aliphatic carboxylic acids is 1. The number of urea groups is 1. The number of nitrogens with one attached hydrogen (secondary N) is 1. The second-order valence-electron chi connectivity index (χ2n) is 4.04. The number of ether oxygens (including phenoxy) is 1. The Morgan fingerprint density at radius 1 is 1.53 bits per heavy atom. The smallest absolute Gasteiger partial charge is 0.317 e. The van der Waals surface area contributed by atoms with E-state index < -0.39 is 5.97 Å². The summed E-state index contributed by atoms with van der Waals surface area (Å²) in [4.78, 5) is 23.6. The van der Waals surface area contributed by atoms with E-state index in [2.05, 4.69) is 5.32 Å². The zero-order chi connectivity index (χ0) is 12.7. The Labute approximate surface area is 101 Å². The third-order valence-electron chi connectivity index (χ3n) is 2.77. The number of nitrogens with zero attached hydrogens (tertiary/aromatic N) is 1. The molecule has 1 saturated heterocycles. The molecule has 1 unspecified atom stereocenters. The van der Waals surface area contributed by atoms with Crippen molar-refractivity contribution in [3.8, 4) is 0 Å². The summed E-state index contributed by atoms with van der Waals surface area (Å²) in [6.07, 6.45) is 2.09. The Morgan fingerprint density at radius 3 is 2.82 bits per heavy atom. The maximum absolute atomic E-state index is 11.7. The Bertz CT molecular complexity index is 264. The standard InChI is InChI=1S/C11H20N2O4/c1-2-13(6-5-10(14)15)11(16)12-8-9-4-3-7-17-9/h9H,2-8H2,1H3,(H,12,16)(H,14,15). The van der Waals surface area contributed by atoms with Gasteiger partial charge in [-0.25, -0.2) is 4.79 Å². The van der Waals surface area contributed by atoms with Gasteiger partial charge in [0.05, 0.1) is 12.5 Å². The van der Waals surface area contributed by atoms with E-state index >= 15 is 0 Å². The fourth-order valence-electron chi connectivity index (χ4n) is 1.75. The summed E-state index contributed by atoms with van der Waals surface area (Å²) in [6, 6.07) is -0.218. The molecule has 0 aliphatic carbocycles. The van der Waals surface area contributed by atoms with Crippen LogP contribution < -0.4 is 5.32 Å². The van der Waals surface area contributed by atoms with Gasteiger partial charge in [-0.2, -0.15) is 0 Å². The van der Waals surface area contributed by atoms with Crippen LogP contribution in [0, 0.1) is 0 Å². The maximum Gasteiger partial charge on any atom is 0.317 e. The molecule has 0 aromatic carbocycles. The Kier molecular flexibility index (Phi) is 5.76. The summed E-state index contributed by atoms with van der Waals surface area (Å²) >= 11 is 0. The average Bonchev–Trinajstić information content (AvgIpc) is 2.79. The molecule has 0 spiro atoms. The van der Waals surface area contributed by atoms with Crippen molar-refractivity contribution in [1.29, 1.82) is 0 Å². The van der Waals surface area contributed by atoms with Gasteiger partial charge in [-0.3, -0.25) is 4.79 Å². The van der Waals surface area contributed by atoms with Gasteiger partial charge in [0.1, 0.15) is 0 Å². The van der Waals surface area contributed by atoms with Gasteiger partial charge in [0.15, 0.2) is 0 Å². The van der Waals surface area contributed by atoms with Gasteiger partial charge in [-0.1, -0.05) is 0 Å². The summed E-state index contributed by atoms with van der Waals surface area (Å²) in [6.45, 7) is 3.83. The lowest BCUT2D eigenvalue weighted by Crippen LogP contribution is -2.43. The Morgan fingerprint density at radius 2 is 2.29 bits per heavy atom. The molecule has 1 aliphatic heterocycles. The lowest BCUT2D eigenvalue weighted by molar-refractivity contribution is -0.137. The van der Waals surface area contributed by atoms with Crippen LogP contribution in [0.3, 0.4) is 0 Å². The first-order valence-electron chi connectivity index (χ1n) is 5.99. The molecule has 17 heavy (non-hydrogen) atoms. The van der Waals surface area contributed by atoms with Crippen LogP contribution in [0.2, 0.25) is 0 Å². The van der Waals surface area contributed by atoms with Gasteiger partial charge < -0.3 is 20.1 Å². The van der Waals surface area contributed by atoms with Crippen molar-refractivity contribution in [1.82, 2.24) is 10.2 Å². The number of rotatable bonds is 6. The molecule has 1 aliphatic rings. The molecular weight excluding hydrogens is 224 g/mol. The van der Waals surface area contributed by atoms with Crippen molar-refractivity contribution in [2.75, 3.05) is 26.2 Å². The van der Waals surface area contributed by atoms with Crippen LogP contribution in [0.25, 0.3) is 0 Å². The van der Waals surface area contributed by atoms with Crippen molar-refractivity contribution in [2.45, 2.75) is 32.3 Å². The lowest BCUT2D eigenvalue weighted by Gasteiger charge is -2.21. The minimum absolute atomic E-state index is 0.0266. The highest BCUT2D eigenvalue weighted by Gasteiger charge is 2.18. The second-order valence-corrected chi connectivity index (χ2v) is 4.04. The summed E-state index contributed by atoms with van der Waals surface area (Å²) < 4.78 is 5.39. The van der Waals surface area contributed by atoms with Crippen molar-refractivity contribution < 1.29 is 19.4 Å². The van der Waals surface area contributed by atoms with Crippen molar-refractivity contribution >= 4 is 12.0 Å². The molecule has 2 N–H and O–H groups in total. The van der Waals surface area contributed by atoms with Crippen molar-refractivity contribution in [3.63, 3.8) is 0 Å². The summed E-state index contributed by atoms with van der Waals surface area (Å²) in [5, 5.41) is 11.3. The van der Waals surface area contributed by atoms with E-state index in [1.807, 2.05) is 6.92 Å². The molecule has 98 valence electrons. The van der Waals surface area contributed by atoms with Gasteiger partial charge in [-0.05, 0) is 19.8 Å². The fraction of sp³-hybridized carbons (Fsp3) is 0.818. The number of amides is 2. The third-order valence-corrected chi connectivity index (χ3v) is 2.77. The molecule has 0 radical (unpaired) electrons. The first-order valence-corrected chi connectivity index (χ1v) is 5.99. The molecule has 6 nitrogen and oxygen atoms in total. The first-order chi connectivity index (χ1) is 8.13. The molecule has 0 aromatic rings. The number of carbonyl (C=O) groups is 2. The third kappa shape index (κ3) is 5.04. The molecule has 1 atom stereocenters. The minimum atomic E-state index is -0.893. The number of carbonyl (C=O) groups excluding carboxylic acids is 1. The normalized spacial score (nSPS) is 19.0. The molecule has 1 heterocycles. The number of hydrogen-bond acceptors (Lipinski definition) is 3. The highest BCUT2D eigenvalue weighted by molar-refractivity contribution is 5.75. The largest absolute Gasteiger partial charge is 0.481 e. The minimum Gasteiger partial charge on any atom is -0.481 e. The zero-order valence-corrected chi connectivity index (χ0v) is 10.1. The average molecular weight is 244 g/mol. The number of carboxylic acids is 1. The summed E-state index contributed by atoms with van der Waals surface area (Å²) in [5.74, 6) is -0.893. The van der Waals surface area contributed by atoms with E-state index in [0.29, 0.717) is 13.1 Å². The van der Waals surface area contributed by atoms with Gasteiger partial charge >= 0.3 is 12.0 Å². The Hall–Kier alpha value is -1.30. The predicted octanol–water partition coefficient (Wildman–Crippen LogP) is 0.672. The highest BCUT2D eigenvalue weighted by atomic mass is 16.5. The zero-order valence-electron chi connectivity index (χ0n) is 10.1. The first kappa shape index (κ1) is 13.8. The van der Waals surface area contributed by atoms with Crippen LogP contribution in [0.4, 0.5) is 4.79 Å². The molecule has 0 aromatic heterocycles. The fourth-order valence-corrected chi connectivity index (χ4v) is 1.75. The van der Waals surface area contributed by atoms with Crippen LogP contribution in [0.5, 0.6) is 0 Å². The van der Waals surface area contributed by atoms with Crippen molar-refractivity contribution in [2.24, 2.45) is 0 Å². The monoisotopic (exact) mass is 244 g/mol. The molecular formula is C11H20N2O4. The summed E-state index contributed by atoms with van der Waals surface area (Å²) in [5.41, 5.74) is 0. The van der Waals surface area contributed by atoms with E-state index in [4.69, 9.17) is 9.84 Å². The van der Waals surface area contributed by atoms with Crippen LogP contribution in [-0.2, 0) is 9.53 Å². The topological polar surface area (TPSA) is 78.9 Å². The van der Waals surface area contributed by atoms with Crippen LogP contribution in [-0.4, -0.2) is 54.4 Å². The highest BCUT2D eigenvalue weighted by Crippen LogP contribution is 2.10. The van der Waals surface area contributed by atoms with Gasteiger partial charge in [-0.15, -0.1) is 0 Å².